The third kappa shape index (κ3) is 4.37. The van der Waals surface area contributed by atoms with Crippen molar-refractivity contribution in [1.29, 1.82) is 0 Å². The largest absolute Gasteiger partial charge is 0.464 e. The van der Waals surface area contributed by atoms with Gasteiger partial charge in [-0.1, -0.05) is 13.0 Å². The number of carbonyl (C=O) groups is 2. The van der Waals surface area contributed by atoms with E-state index in [9.17, 15) is 9.59 Å². The van der Waals surface area contributed by atoms with E-state index in [-0.39, 0.29) is 23.4 Å². The topological polar surface area (TPSA) is 111 Å². The van der Waals surface area contributed by atoms with Gasteiger partial charge in [0, 0.05) is 31.4 Å². The first kappa shape index (κ1) is 24.0. The number of hydrogen-bond donors (Lipinski definition) is 3. The molecule has 3 unspecified atom stereocenters. The summed E-state index contributed by atoms with van der Waals surface area (Å²) in [4.78, 5) is 36.3. The molecule has 6 rings (SSSR count). The molecular weight excluding hydrogens is 470 g/mol. The molecule has 1 aromatic heterocycles. The van der Waals surface area contributed by atoms with Gasteiger partial charge in [-0.05, 0) is 74.1 Å². The number of rotatable bonds is 6. The van der Waals surface area contributed by atoms with Gasteiger partial charge in [-0.3, -0.25) is 9.80 Å². The minimum Gasteiger partial charge on any atom is -0.464 e. The lowest BCUT2D eigenvalue weighted by atomic mass is 9.51. The summed E-state index contributed by atoms with van der Waals surface area (Å²) in [7, 11) is 1.35. The Kier molecular flexibility index (Phi) is 5.94. The van der Waals surface area contributed by atoms with Crippen LogP contribution in [0.25, 0.3) is 0 Å². The fourth-order valence-corrected chi connectivity index (χ4v) is 6.34. The number of nitrogens with one attached hydrogen (secondary N) is 3. The van der Waals surface area contributed by atoms with Crippen molar-refractivity contribution in [3.63, 3.8) is 0 Å². The number of carbonyl (C=O) groups excluding carboxylic acids is 2. The van der Waals surface area contributed by atoms with Crippen LogP contribution in [0.5, 0.6) is 0 Å². The molecule has 3 atom stereocenters. The Morgan fingerprint density at radius 2 is 2.08 bits per heavy atom. The fourth-order valence-electron chi connectivity index (χ4n) is 6.34. The quantitative estimate of drug-likeness (QED) is 0.506. The van der Waals surface area contributed by atoms with Gasteiger partial charge in [-0.2, -0.15) is 5.43 Å². The maximum absolute atomic E-state index is 13.1. The van der Waals surface area contributed by atoms with Crippen molar-refractivity contribution >= 4 is 23.5 Å². The fraction of sp³-hybridized carbons (Fsp3) is 0.556. The number of amidine groups is 1. The second-order valence-corrected chi connectivity index (χ2v) is 11.2. The second-order valence-electron chi connectivity index (χ2n) is 11.2. The van der Waals surface area contributed by atoms with Gasteiger partial charge in [0.1, 0.15) is 11.7 Å². The number of esters is 1. The maximum Gasteiger partial charge on any atom is 0.356 e. The molecule has 0 radical (unpaired) electrons. The first-order valence-corrected chi connectivity index (χ1v) is 13.2. The Morgan fingerprint density at radius 1 is 1.24 bits per heavy atom. The van der Waals surface area contributed by atoms with Crippen LogP contribution in [0.3, 0.4) is 0 Å². The van der Waals surface area contributed by atoms with Crippen LogP contribution in [0.4, 0.5) is 5.82 Å². The van der Waals surface area contributed by atoms with Crippen molar-refractivity contribution in [1.82, 2.24) is 25.6 Å². The number of pyridine rings is 1. The molecule has 0 bridgehead atoms. The van der Waals surface area contributed by atoms with E-state index in [4.69, 9.17) is 4.74 Å². The average molecular weight is 506 g/mol. The Morgan fingerprint density at radius 3 is 2.78 bits per heavy atom. The van der Waals surface area contributed by atoms with E-state index < -0.39 is 12.1 Å². The van der Waals surface area contributed by atoms with E-state index in [2.05, 4.69) is 57.1 Å². The van der Waals surface area contributed by atoms with Gasteiger partial charge < -0.3 is 20.3 Å². The average Bonchev–Trinajstić information content (AvgIpc) is 3.50. The molecule has 3 fully saturated rings. The van der Waals surface area contributed by atoms with Crippen molar-refractivity contribution in [3.05, 3.63) is 47.4 Å². The monoisotopic (exact) mass is 505 g/mol. The summed E-state index contributed by atoms with van der Waals surface area (Å²) >= 11 is 0. The van der Waals surface area contributed by atoms with Crippen LogP contribution in [0.1, 0.15) is 56.4 Å². The van der Waals surface area contributed by atoms with Crippen molar-refractivity contribution in [3.8, 4) is 0 Å². The molecule has 2 aliphatic carbocycles. The zero-order valence-electron chi connectivity index (χ0n) is 21.7. The SMILES string of the molecule is COC(=O)c1cccc(NC2CCC23CC(NC(=O)C2N=C4C(C)=CC(N5CCC(C)C5)=CN4N2)C3)n1. The van der Waals surface area contributed by atoms with Crippen molar-refractivity contribution in [2.24, 2.45) is 16.3 Å². The molecule has 3 aliphatic heterocycles. The smallest absolute Gasteiger partial charge is 0.356 e. The van der Waals surface area contributed by atoms with Gasteiger partial charge >= 0.3 is 5.97 Å². The van der Waals surface area contributed by atoms with Crippen molar-refractivity contribution < 1.29 is 14.3 Å². The molecule has 10 heteroatoms. The predicted octanol–water partition coefficient (Wildman–Crippen LogP) is 2.40. The van der Waals surface area contributed by atoms with Gasteiger partial charge in [-0.25, -0.2) is 14.8 Å². The highest BCUT2D eigenvalue weighted by Crippen LogP contribution is 2.56. The van der Waals surface area contributed by atoms with E-state index >= 15 is 0 Å². The second kappa shape index (κ2) is 9.16. The van der Waals surface area contributed by atoms with Gasteiger partial charge in [0.25, 0.3) is 5.91 Å². The molecule has 1 saturated heterocycles. The highest BCUT2D eigenvalue weighted by Gasteiger charge is 2.56. The summed E-state index contributed by atoms with van der Waals surface area (Å²) in [6, 6.07) is 5.75. The summed E-state index contributed by atoms with van der Waals surface area (Å²) in [6.07, 6.45) is 8.84. The lowest BCUT2D eigenvalue weighted by Crippen LogP contribution is -2.63. The summed E-state index contributed by atoms with van der Waals surface area (Å²) in [5, 5.41) is 8.61. The van der Waals surface area contributed by atoms with Crippen LogP contribution < -0.4 is 16.1 Å². The minimum atomic E-state index is -0.622. The first-order chi connectivity index (χ1) is 17.8. The Hall–Kier alpha value is -3.40. The van der Waals surface area contributed by atoms with Crippen LogP contribution in [0.2, 0.25) is 0 Å². The molecule has 2 saturated carbocycles. The molecule has 3 N–H and O–H groups in total. The molecule has 37 heavy (non-hydrogen) atoms. The maximum atomic E-state index is 13.1. The number of aliphatic imine (C=N–C) groups is 1. The first-order valence-electron chi connectivity index (χ1n) is 13.2. The molecule has 1 aromatic rings. The Labute approximate surface area is 217 Å². The molecule has 196 valence electrons. The number of amides is 1. The molecule has 10 nitrogen and oxygen atoms in total. The number of likely N-dealkylation sites (tertiary alicyclic amines) is 1. The van der Waals surface area contributed by atoms with E-state index in [1.165, 1.54) is 19.2 Å². The summed E-state index contributed by atoms with van der Waals surface area (Å²) in [5.74, 6) is 1.66. The standard InChI is InChI=1S/C27H35N7O3/c1-16-8-10-33(14-16)19-11-17(2)24-31-23(32-34(24)15-19)25(35)28-18-12-27(13-18)9-7-21(27)30-22-6-4-5-20(29-22)26(36)37-3/h4-6,11,15-16,18,21,23,32H,7-10,12-14H2,1-3H3,(H,28,35)(H,29,30). The number of nitrogens with zero attached hydrogens (tertiary/aromatic N) is 4. The van der Waals surface area contributed by atoms with Crippen LogP contribution in [0.15, 0.2) is 46.7 Å². The van der Waals surface area contributed by atoms with Crippen molar-refractivity contribution in [2.45, 2.75) is 64.2 Å². The number of hydrazine groups is 1. The summed E-state index contributed by atoms with van der Waals surface area (Å²) in [6.45, 7) is 6.46. The highest BCUT2D eigenvalue weighted by molar-refractivity contribution is 6.03. The normalized spacial score (nSPS) is 32.0. The van der Waals surface area contributed by atoms with Gasteiger partial charge in [-0.15, -0.1) is 0 Å². The van der Waals surface area contributed by atoms with Crippen LogP contribution in [0, 0.1) is 11.3 Å². The van der Waals surface area contributed by atoms with Crippen LogP contribution in [-0.2, 0) is 9.53 Å². The number of hydrogen-bond acceptors (Lipinski definition) is 9. The molecule has 1 spiro atoms. The number of allylic oxidation sites excluding steroid dienone is 1. The van der Waals surface area contributed by atoms with E-state index in [0.717, 1.165) is 50.2 Å². The zero-order valence-corrected chi connectivity index (χ0v) is 21.7. The number of anilines is 1. The molecular formula is C27H35N7O3. The number of fused-ring (bicyclic) bond motifs is 1. The molecule has 5 aliphatic rings. The Bertz CT molecular complexity index is 1200. The third-order valence-corrected chi connectivity index (χ3v) is 8.54. The van der Waals surface area contributed by atoms with E-state index in [0.29, 0.717) is 17.4 Å². The molecule has 4 heterocycles. The number of ether oxygens (including phenoxy) is 1. The summed E-state index contributed by atoms with van der Waals surface area (Å²) in [5.41, 5.74) is 5.96. The van der Waals surface area contributed by atoms with Crippen LogP contribution in [-0.4, -0.2) is 71.1 Å². The van der Waals surface area contributed by atoms with Crippen LogP contribution >= 0.6 is 0 Å². The molecule has 0 aromatic carbocycles. The number of methoxy groups -OCH3 is 1. The predicted molar refractivity (Wildman–Crippen MR) is 139 cm³/mol. The van der Waals surface area contributed by atoms with Gasteiger partial charge in [0.15, 0.2) is 11.9 Å². The molecule has 1 amide bonds. The van der Waals surface area contributed by atoms with E-state index in [1.807, 2.05) is 11.1 Å². The lowest BCUT2D eigenvalue weighted by Gasteiger charge is -2.59. The summed E-state index contributed by atoms with van der Waals surface area (Å²) < 4.78 is 4.78. The van der Waals surface area contributed by atoms with Gasteiger partial charge in [0.2, 0.25) is 0 Å². The van der Waals surface area contributed by atoms with Gasteiger partial charge in [0.05, 0.1) is 12.8 Å². The minimum absolute atomic E-state index is 0.0874. The van der Waals surface area contributed by atoms with Crippen molar-refractivity contribution in [2.75, 3.05) is 25.5 Å². The van der Waals surface area contributed by atoms with E-state index in [1.54, 1.807) is 12.1 Å². The zero-order chi connectivity index (χ0) is 25.7. The highest BCUT2D eigenvalue weighted by atomic mass is 16.5. The lowest BCUT2D eigenvalue weighted by molar-refractivity contribution is -0.127. The third-order valence-electron chi connectivity index (χ3n) is 8.54. The number of aromatic nitrogens is 1. The Balaban J connectivity index is 1.02.